The lowest BCUT2D eigenvalue weighted by Crippen LogP contribution is -3.10. The van der Waals surface area contributed by atoms with E-state index < -0.39 is 12.1 Å². The molecule has 3 N–H and O–H groups in total. The van der Waals surface area contributed by atoms with Gasteiger partial charge in [0.2, 0.25) is 0 Å². The van der Waals surface area contributed by atoms with Crippen LogP contribution in [0, 0.1) is 0 Å². The molecule has 1 amide bonds. The van der Waals surface area contributed by atoms with Crippen LogP contribution in [-0.2, 0) is 4.79 Å². The van der Waals surface area contributed by atoms with E-state index in [2.05, 4.69) is 32.6 Å². The summed E-state index contributed by atoms with van der Waals surface area (Å²) in [4.78, 5) is 28.3. The van der Waals surface area contributed by atoms with E-state index in [9.17, 15) is 18.0 Å². The maximum atomic E-state index is 12.7. The summed E-state index contributed by atoms with van der Waals surface area (Å²) in [7, 11) is 2.20. The molecule has 10 nitrogen and oxygen atoms in total. The summed E-state index contributed by atoms with van der Waals surface area (Å²) < 4.78 is 33.3. The maximum absolute atomic E-state index is 12.7. The number of carbonyl (C=O) groups excluding carboxylic acids is 2. The van der Waals surface area contributed by atoms with Gasteiger partial charge in [0.1, 0.15) is 5.97 Å². The molecule has 198 valence electrons. The highest BCUT2D eigenvalue weighted by Gasteiger charge is 2.28. The predicted molar refractivity (Wildman–Crippen MR) is 129 cm³/mol. The number of alkyl halides is 3. The third kappa shape index (κ3) is 6.71. The normalized spacial score (nSPS) is 17.4. The zero-order valence-corrected chi connectivity index (χ0v) is 19.8. The maximum Gasteiger partial charge on any atom is 0.430 e. The third-order valence-electron chi connectivity index (χ3n) is 5.73. The number of hydrogen-bond donors (Lipinski definition) is 3. The number of aromatic amines is 1. The molecule has 0 unspecified atom stereocenters. The van der Waals surface area contributed by atoms with Crippen LogP contribution in [0.5, 0.6) is 0 Å². The zero-order valence-electron chi connectivity index (χ0n) is 19.0. The van der Waals surface area contributed by atoms with E-state index in [0.29, 0.717) is 0 Å². The van der Waals surface area contributed by atoms with Crippen molar-refractivity contribution in [1.29, 1.82) is 0 Å². The lowest BCUT2D eigenvalue weighted by molar-refractivity contribution is -0.884. The molecule has 0 bridgehead atoms. The van der Waals surface area contributed by atoms with Crippen LogP contribution in [-0.4, -0.2) is 69.0 Å². The summed E-state index contributed by atoms with van der Waals surface area (Å²) in [5.41, 5.74) is 4.54. The number of rotatable bonds is 4. The van der Waals surface area contributed by atoms with Crippen LogP contribution in [0.1, 0.15) is 29.9 Å². The second-order valence-corrected chi connectivity index (χ2v) is 9.26. The summed E-state index contributed by atoms with van der Waals surface area (Å²) in [6, 6.07) is 2.21. The summed E-state index contributed by atoms with van der Waals surface area (Å²) in [5, 5.41) is 25.2. The second-order valence-electron chi connectivity index (χ2n) is 8.35. The Labute approximate surface area is 214 Å². The predicted octanol–water partition coefficient (Wildman–Crippen LogP) is 1.19. The largest absolute Gasteiger partial charge is 0.542 e. The highest BCUT2D eigenvalue weighted by Crippen LogP contribution is 2.29. The molecular formula is C23H26F3N7O3S. The molecule has 4 aromatic heterocycles. The van der Waals surface area contributed by atoms with E-state index in [0.717, 1.165) is 58.7 Å². The summed E-state index contributed by atoms with van der Waals surface area (Å²) in [6.07, 6.45) is 5.99. The Morgan fingerprint density at radius 1 is 1.19 bits per heavy atom. The molecule has 4 aromatic rings. The van der Waals surface area contributed by atoms with E-state index in [1.54, 1.807) is 16.9 Å². The lowest BCUT2D eigenvalue weighted by atomic mass is 10.1. The topological polar surface area (TPSA) is 133 Å². The fourth-order valence-corrected chi connectivity index (χ4v) is 4.55. The molecule has 14 heteroatoms. The van der Waals surface area contributed by atoms with Gasteiger partial charge in [0.15, 0.2) is 5.65 Å². The van der Waals surface area contributed by atoms with Crippen molar-refractivity contribution < 1.29 is 32.8 Å². The smallest absolute Gasteiger partial charge is 0.430 e. The first-order valence-electron chi connectivity index (χ1n) is 10.9. The Hall–Kier alpha value is -3.78. The highest BCUT2D eigenvalue weighted by atomic mass is 32.1. The Bertz CT molecular complexity index is 1340. The molecule has 0 aliphatic carbocycles. The van der Waals surface area contributed by atoms with Crippen LogP contribution in [0.4, 0.5) is 13.2 Å². The van der Waals surface area contributed by atoms with Crippen molar-refractivity contribution in [3.63, 3.8) is 0 Å². The van der Waals surface area contributed by atoms with Crippen LogP contribution < -0.4 is 15.3 Å². The fourth-order valence-electron chi connectivity index (χ4n) is 3.74. The second kappa shape index (κ2) is 11.5. The molecule has 5 heterocycles. The van der Waals surface area contributed by atoms with Crippen LogP contribution in [0.3, 0.4) is 0 Å². The van der Waals surface area contributed by atoms with Gasteiger partial charge in [-0.2, -0.15) is 23.4 Å². The number of quaternary nitrogens is 1. The first-order valence-corrected chi connectivity index (χ1v) is 11.8. The van der Waals surface area contributed by atoms with Gasteiger partial charge in [-0.25, -0.2) is 9.50 Å². The number of carboxylic acid groups (broad SMARTS) is 1. The SMILES string of the molecule is C.C[NH+]1CCC(NC(=O)c2cc(-c3cnn4cc(-c5cn[nH]c5)cnc34)cs2)CC1.O=C([O-])C(F)(F)F. The van der Waals surface area contributed by atoms with Gasteiger partial charge in [-0.05, 0) is 17.0 Å². The molecule has 0 spiro atoms. The summed E-state index contributed by atoms with van der Waals surface area (Å²) in [6.45, 7) is 2.21. The Morgan fingerprint density at radius 2 is 1.89 bits per heavy atom. The number of nitrogens with zero attached hydrogens (tertiary/aromatic N) is 4. The highest BCUT2D eigenvalue weighted by molar-refractivity contribution is 7.12. The average molecular weight is 538 g/mol. The van der Waals surface area contributed by atoms with Crippen molar-refractivity contribution in [2.45, 2.75) is 32.5 Å². The van der Waals surface area contributed by atoms with Crippen LogP contribution >= 0.6 is 11.3 Å². The van der Waals surface area contributed by atoms with Crippen molar-refractivity contribution in [3.8, 4) is 22.3 Å². The minimum Gasteiger partial charge on any atom is -0.542 e. The summed E-state index contributed by atoms with van der Waals surface area (Å²) in [5.74, 6) is -3.00. The number of aliphatic carboxylic acids is 1. The number of halogens is 3. The molecule has 0 radical (unpaired) electrons. The van der Waals surface area contributed by atoms with Gasteiger partial charge in [0.25, 0.3) is 5.91 Å². The van der Waals surface area contributed by atoms with Crippen molar-refractivity contribution in [1.82, 2.24) is 30.1 Å². The number of thiophene rings is 1. The van der Waals surface area contributed by atoms with E-state index in [-0.39, 0.29) is 19.4 Å². The molecule has 0 atom stereocenters. The number of carbonyl (C=O) groups is 2. The summed E-state index contributed by atoms with van der Waals surface area (Å²) >= 11 is 1.46. The molecule has 5 rings (SSSR count). The van der Waals surface area contributed by atoms with Gasteiger partial charge in [-0.1, -0.05) is 7.43 Å². The number of aromatic nitrogens is 5. The minimum absolute atomic E-state index is 0. The van der Waals surface area contributed by atoms with Crippen molar-refractivity contribution in [3.05, 3.63) is 47.3 Å². The molecule has 1 aliphatic rings. The third-order valence-corrected chi connectivity index (χ3v) is 6.66. The van der Waals surface area contributed by atoms with Crippen LogP contribution in [0.25, 0.3) is 27.9 Å². The first-order chi connectivity index (χ1) is 17.1. The van der Waals surface area contributed by atoms with Crippen LogP contribution in [0.2, 0.25) is 0 Å². The van der Waals surface area contributed by atoms with Crippen molar-refractivity contribution >= 4 is 28.9 Å². The Morgan fingerprint density at radius 3 is 2.51 bits per heavy atom. The molecule has 37 heavy (non-hydrogen) atoms. The number of carboxylic acids is 1. The van der Waals surface area contributed by atoms with Crippen molar-refractivity contribution in [2.75, 3.05) is 20.1 Å². The quantitative estimate of drug-likeness (QED) is 0.358. The van der Waals surface area contributed by atoms with Gasteiger partial charge in [-0.3, -0.25) is 9.89 Å². The number of piperidine rings is 1. The molecular weight excluding hydrogens is 511 g/mol. The Balaban J connectivity index is 0.000000422. The van der Waals surface area contributed by atoms with Gasteiger partial charge >= 0.3 is 6.18 Å². The number of nitrogens with one attached hydrogen (secondary N) is 3. The number of H-pyrrole nitrogens is 1. The number of fused-ring (bicyclic) bond motifs is 1. The minimum atomic E-state index is -5.19. The lowest BCUT2D eigenvalue weighted by Gasteiger charge is -2.26. The number of hydrogen-bond acceptors (Lipinski definition) is 7. The van der Waals surface area contributed by atoms with Gasteiger partial charge in [0.05, 0.1) is 37.4 Å². The van der Waals surface area contributed by atoms with Crippen LogP contribution in [0.15, 0.2) is 42.4 Å². The molecule has 0 aromatic carbocycles. The molecule has 1 aliphatic heterocycles. The van der Waals surface area contributed by atoms with E-state index in [1.165, 1.54) is 16.2 Å². The van der Waals surface area contributed by atoms with E-state index >= 15 is 0 Å². The molecule has 1 fully saturated rings. The molecule has 0 saturated carbocycles. The first kappa shape index (κ1) is 27.8. The average Bonchev–Trinajstić information content (AvgIpc) is 3.60. The standard InChI is InChI=1S/C20H21N7OS.C2HF3O2.CH4/c1-26-4-2-16(3-5-26)25-20(28)18-6-13(12-29-18)17-10-24-27-11-15(7-21-19(17)27)14-8-22-23-9-14;3-2(4,5)1(6)7;/h6-12,16H,2-5H2,1H3,(H,22,23)(H,25,28);(H,6,7);1H4. The van der Waals surface area contributed by atoms with E-state index in [1.807, 2.05) is 30.0 Å². The number of likely N-dealkylation sites (tertiary alicyclic amines) is 1. The monoisotopic (exact) mass is 537 g/mol. The zero-order chi connectivity index (χ0) is 25.9. The van der Waals surface area contributed by atoms with Gasteiger partial charge in [0, 0.05) is 54.2 Å². The number of amides is 1. The van der Waals surface area contributed by atoms with Gasteiger partial charge < -0.3 is 20.1 Å². The molecule has 1 saturated heterocycles. The fraction of sp³-hybridized carbons (Fsp3) is 0.348. The van der Waals surface area contributed by atoms with E-state index in [4.69, 9.17) is 9.90 Å². The van der Waals surface area contributed by atoms with Crippen molar-refractivity contribution in [2.24, 2.45) is 0 Å². The Kier molecular flexibility index (Phi) is 8.65. The van der Waals surface area contributed by atoms with Gasteiger partial charge in [-0.15, -0.1) is 11.3 Å².